The fraction of sp³-hybridized carbons (Fsp3) is 0.385. The van der Waals surface area contributed by atoms with Gasteiger partial charge in [0.25, 0.3) is 5.91 Å². The second kappa shape index (κ2) is 6.96. The highest BCUT2D eigenvalue weighted by atomic mass is 19.4. The highest BCUT2D eigenvalue weighted by molar-refractivity contribution is 5.95. The summed E-state index contributed by atoms with van der Waals surface area (Å²) in [4.78, 5) is 23.0. The van der Waals surface area contributed by atoms with E-state index in [4.69, 9.17) is 0 Å². The van der Waals surface area contributed by atoms with Crippen LogP contribution in [-0.2, 0) is 4.79 Å². The fourth-order valence-corrected chi connectivity index (χ4v) is 1.43. The number of alkyl halides is 3. The molecule has 0 aliphatic heterocycles. The standard InChI is InChI=1S/C13H15F3N2O3/c1-8(2)7-11(19)17-18-12(20)9-3-5-10(6-4-9)21-13(14,15)16/h3-6,8H,7H2,1-2H3,(H,17,19)(H,18,20). The highest BCUT2D eigenvalue weighted by Gasteiger charge is 2.31. The molecule has 116 valence electrons. The normalized spacial score (nSPS) is 11.1. The minimum absolute atomic E-state index is 0.0920. The molecule has 0 aliphatic rings. The van der Waals surface area contributed by atoms with Crippen LogP contribution in [0.4, 0.5) is 13.2 Å². The van der Waals surface area contributed by atoms with Crippen molar-refractivity contribution in [3.05, 3.63) is 29.8 Å². The molecule has 0 aromatic heterocycles. The first kappa shape index (κ1) is 16.8. The molecule has 2 amide bonds. The second-order valence-electron chi connectivity index (χ2n) is 4.67. The van der Waals surface area contributed by atoms with E-state index in [1.54, 1.807) is 0 Å². The molecule has 0 unspecified atom stereocenters. The number of halogens is 3. The zero-order chi connectivity index (χ0) is 16.0. The molecule has 1 aromatic carbocycles. The van der Waals surface area contributed by atoms with Crippen molar-refractivity contribution in [1.82, 2.24) is 10.9 Å². The Balaban J connectivity index is 2.54. The van der Waals surface area contributed by atoms with Gasteiger partial charge >= 0.3 is 6.36 Å². The molecule has 1 aromatic rings. The van der Waals surface area contributed by atoms with E-state index >= 15 is 0 Å². The molecule has 0 radical (unpaired) electrons. The molecule has 1 rings (SSSR count). The molecule has 0 saturated heterocycles. The first-order valence-electron chi connectivity index (χ1n) is 6.12. The number of carbonyl (C=O) groups is 2. The van der Waals surface area contributed by atoms with Crippen LogP contribution in [-0.4, -0.2) is 18.2 Å². The third-order valence-electron chi connectivity index (χ3n) is 2.26. The molecule has 0 atom stereocenters. The molecular weight excluding hydrogens is 289 g/mol. The lowest BCUT2D eigenvalue weighted by Gasteiger charge is -2.10. The smallest absolute Gasteiger partial charge is 0.406 e. The van der Waals surface area contributed by atoms with Crippen molar-refractivity contribution in [3.63, 3.8) is 0 Å². The van der Waals surface area contributed by atoms with Gasteiger partial charge in [0.15, 0.2) is 0 Å². The van der Waals surface area contributed by atoms with Crippen molar-refractivity contribution >= 4 is 11.8 Å². The van der Waals surface area contributed by atoms with Crippen LogP contribution in [0.5, 0.6) is 5.75 Å². The van der Waals surface area contributed by atoms with Crippen LogP contribution >= 0.6 is 0 Å². The van der Waals surface area contributed by atoms with Crippen molar-refractivity contribution in [1.29, 1.82) is 0 Å². The van der Waals surface area contributed by atoms with Crippen LogP contribution in [0.25, 0.3) is 0 Å². The molecule has 21 heavy (non-hydrogen) atoms. The van der Waals surface area contributed by atoms with Gasteiger partial charge in [-0.15, -0.1) is 13.2 Å². The summed E-state index contributed by atoms with van der Waals surface area (Å²) in [6, 6.07) is 4.34. The Kier molecular flexibility index (Phi) is 5.57. The maximum atomic E-state index is 12.0. The number of carbonyl (C=O) groups excluding carboxylic acids is 2. The Morgan fingerprint density at radius 3 is 2.19 bits per heavy atom. The SMILES string of the molecule is CC(C)CC(=O)NNC(=O)c1ccc(OC(F)(F)F)cc1. The van der Waals surface area contributed by atoms with Crippen LogP contribution < -0.4 is 15.6 Å². The van der Waals surface area contributed by atoms with Crippen molar-refractivity contribution in [3.8, 4) is 5.75 Å². The van der Waals surface area contributed by atoms with E-state index in [9.17, 15) is 22.8 Å². The second-order valence-corrected chi connectivity index (χ2v) is 4.67. The zero-order valence-corrected chi connectivity index (χ0v) is 11.5. The Morgan fingerprint density at radius 1 is 1.14 bits per heavy atom. The summed E-state index contributed by atoms with van der Waals surface area (Å²) >= 11 is 0. The molecule has 2 N–H and O–H groups in total. The number of nitrogens with one attached hydrogen (secondary N) is 2. The minimum atomic E-state index is -4.78. The van der Waals surface area contributed by atoms with E-state index in [0.29, 0.717) is 0 Å². The Morgan fingerprint density at radius 2 is 1.71 bits per heavy atom. The third kappa shape index (κ3) is 6.64. The van der Waals surface area contributed by atoms with Gasteiger partial charge in [0.1, 0.15) is 5.75 Å². The predicted octanol–water partition coefficient (Wildman–Crippen LogP) is 2.39. The topological polar surface area (TPSA) is 67.4 Å². The number of hydrogen-bond donors (Lipinski definition) is 2. The van der Waals surface area contributed by atoms with Gasteiger partial charge in [0.05, 0.1) is 0 Å². The average Bonchev–Trinajstić information content (AvgIpc) is 2.34. The van der Waals surface area contributed by atoms with Crippen LogP contribution in [0.3, 0.4) is 0 Å². The lowest BCUT2D eigenvalue weighted by atomic mass is 10.1. The van der Waals surface area contributed by atoms with Gasteiger partial charge in [0.2, 0.25) is 5.91 Å². The maximum absolute atomic E-state index is 12.0. The van der Waals surface area contributed by atoms with Gasteiger partial charge in [-0.2, -0.15) is 0 Å². The van der Waals surface area contributed by atoms with Gasteiger partial charge in [-0.1, -0.05) is 13.8 Å². The largest absolute Gasteiger partial charge is 0.573 e. The summed E-state index contributed by atoms with van der Waals surface area (Å²) in [6.07, 6.45) is -4.53. The molecule has 0 saturated carbocycles. The molecule has 5 nitrogen and oxygen atoms in total. The molecular formula is C13H15F3N2O3. The Labute approximate surface area is 119 Å². The quantitative estimate of drug-likeness (QED) is 0.839. The Hall–Kier alpha value is -2.25. The number of benzene rings is 1. The highest BCUT2D eigenvalue weighted by Crippen LogP contribution is 2.22. The average molecular weight is 304 g/mol. The molecule has 0 heterocycles. The van der Waals surface area contributed by atoms with E-state index in [1.807, 2.05) is 13.8 Å². The van der Waals surface area contributed by atoms with Gasteiger partial charge in [-0.3, -0.25) is 20.4 Å². The Bertz CT molecular complexity index is 498. The fourth-order valence-electron chi connectivity index (χ4n) is 1.43. The lowest BCUT2D eigenvalue weighted by molar-refractivity contribution is -0.274. The van der Waals surface area contributed by atoms with Crippen LogP contribution in [0.15, 0.2) is 24.3 Å². The summed E-state index contributed by atoms with van der Waals surface area (Å²) in [5, 5.41) is 0. The van der Waals surface area contributed by atoms with Crippen molar-refractivity contribution < 1.29 is 27.5 Å². The molecule has 0 fully saturated rings. The molecule has 0 spiro atoms. The maximum Gasteiger partial charge on any atom is 0.573 e. The number of amides is 2. The third-order valence-corrected chi connectivity index (χ3v) is 2.26. The summed E-state index contributed by atoms with van der Waals surface area (Å²) in [6.45, 7) is 3.70. The first-order valence-corrected chi connectivity index (χ1v) is 6.12. The van der Waals surface area contributed by atoms with E-state index in [-0.39, 0.29) is 23.8 Å². The summed E-state index contributed by atoms with van der Waals surface area (Å²) in [5.41, 5.74) is 4.48. The monoisotopic (exact) mass is 304 g/mol. The van der Waals surface area contributed by atoms with Gasteiger partial charge in [-0.05, 0) is 30.2 Å². The number of hydrogen-bond acceptors (Lipinski definition) is 3. The van der Waals surface area contributed by atoms with Crippen molar-refractivity contribution in [2.24, 2.45) is 5.92 Å². The van der Waals surface area contributed by atoms with Crippen molar-refractivity contribution in [2.75, 3.05) is 0 Å². The predicted molar refractivity (Wildman–Crippen MR) is 68.2 cm³/mol. The van der Waals surface area contributed by atoms with Gasteiger partial charge in [-0.25, -0.2) is 0 Å². The van der Waals surface area contributed by atoms with Crippen molar-refractivity contribution in [2.45, 2.75) is 26.6 Å². The molecule has 0 aliphatic carbocycles. The van der Waals surface area contributed by atoms with E-state index in [1.165, 1.54) is 0 Å². The van der Waals surface area contributed by atoms with Gasteiger partial charge < -0.3 is 4.74 Å². The van der Waals surface area contributed by atoms with Crippen LogP contribution in [0, 0.1) is 5.92 Å². The molecule has 0 bridgehead atoms. The summed E-state index contributed by atoms with van der Waals surface area (Å²) in [7, 11) is 0. The van der Waals surface area contributed by atoms with Gasteiger partial charge in [0, 0.05) is 12.0 Å². The lowest BCUT2D eigenvalue weighted by Crippen LogP contribution is -2.41. The number of rotatable bonds is 4. The first-order chi connectivity index (χ1) is 9.67. The summed E-state index contributed by atoms with van der Waals surface area (Å²) in [5.74, 6) is -1.27. The number of hydrazine groups is 1. The van der Waals surface area contributed by atoms with Crippen LogP contribution in [0.2, 0.25) is 0 Å². The zero-order valence-electron chi connectivity index (χ0n) is 11.5. The van der Waals surface area contributed by atoms with Crippen LogP contribution in [0.1, 0.15) is 30.6 Å². The van der Waals surface area contributed by atoms with E-state index < -0.39 is 18.0 Å². The molecule has 8 heteroatoms. The van der Waals surface area contributed by atoms with E-state index in [2.05, 4.69) is 15.6 Å². The minimum Gasteiger partial charge on any atom is -0.406 e. The number of ether oxygens (including phenoxy) is 1. The summed E-state index contributed by atoms with van der Waals surface area (Å²) < 4.78 is 39.6. The van der Waals surface area contributed by atoms with E-state index in [0.717, 1.165) is 24.3 Å².